The second kappa shape index (κ2) is 41.3. The average molecular weight is 838 g/mol. The Morgan fingerprint density at radius 1 is 0.492 bits per heavy atom. The van der Waals surface area contributed by atoms with Gasteiger partial charge in [0.15, 0.2) is 0 Å². The van der Waals surface area contributed by atoms with Gasteiger partial charge in [0, 0.05) is 43.3 Å². The van der Waals surface area contributed by atoms with Crippen LogP contribution >= 0.6 is 0 Å². The highest BCUT2D eigenvalue weighted by Gasteiger charge is 2.18. The summed E-state index contributed by atoms with van der Waals surface area (Å²) in [6, 6.07) is 0. The van der Waals surface area contributed by atoms with E-state index >= 15 is 0 Å². The minimum atomic E-state index is 0.500. The van der Waals surface area contributed by atoms with Gasteiger partial charge in [0.05, 0.1) is 0 Å². The van der Waals surface area contributed by atoms with Gasteiger partial charge in [-0.05, 0) is 149 Å². The molecule has 0 aromatic heterocycles. The van der Waals surface area contributed by atoms with E-state index in [4.69, 9.17) is 17.2 Å². The molecular weight excluding hydrogens is 721 g/mol. The number of rotatable bonds is 2. The van der Waals surface area contributed by atoms with Gasteiger partial charge >= 0.3 is 0 Å². The van der Waals surface area contributed by atoms with Crippen molar-refractivity contribution in [3.63, 3.8) is 0 Å². The first kappa shape index (κ1) is 71.5. The molecule has 1 saturated heterocycles. The average Bonchev–Trinajstić information content (AvgIpc) is 3.11. The maximum absolute atomic E-state index is 5.77. The second-order valence-electron chi connectivity index (χ2n) is 20.7. The maximum Gasteiger partial charge on any atom is 0.0166 e. The first-order valence-corrected chi connectivity index (χ1v) is 23.3. The van der Waals surface area contributed by atoms with E-state index in [2.05, 4.69) is 152 Å². The summed E-state index contributed by atoms with van der Waals surface area (Å²) in [6.07, 6.45) is 9.51. The van der Waals surface area contributed by atoms with Crippen LogP contribution in [0.4, 0.5) is 0 Å². The Labute approximate surface area is 376 Å². The van der Waals surface area contributed by atoms with Crippen molar-refractivity contribution in [1.82, 2.24) is 14.7 Å². The lowest BCUT2D eigenvalue weighted by Crippen LogP contribution is -2.31. The number of hydrogen-bond acceptors (Lipinski definition) is 6. The summed E-state index contributed by atoms with van der Waals surface area (Å²) in [5.41, 5.74) is 28.0. The van der Waals surface area contributed by atoms with Crippen LogP contribution in [0.2, 0.25) is 0 Å². The van der Waals surface area contributed by atoms with Gasteiger partial charge in [0.1, 0.15) is 0 Å². The zero-order valence-electron chi connectivity index (χ0n) is 46.4. The van der Waals surface area contributed by atoms with E-state index in [0.717, 1.165) is 49.1 Å². The SMILES string of the molecule is C/C(N)=C(\C)C1=CCN(C)CC1.C/C(N)=C(\C)C1CCN(C)CC1.CC.CC.CC.CC(C)(C)C.CC(C)(C)C.CC(C)(C)C.CC(C)=C(C)N.CC1=CCN(C)CC1. The fraction of sp³-hybridized carbons (Fsp3) is 0.811. The molecule has 6 nitrogen and oxygen atoms in total. The summed E-state index contributed by atoms with van der Waals surface area (Å²) < 4.78 is 0. The lowest BCUT2D eigenvalue weighted by Gasteiger charge is -2.29. The van der Waals surface area contributed by atoms with Crippen molar-refractivity contribution in [3.05, 3.63) is 57.1 Å². The summed E-state index contributed by atoms with van der Waals surface area (Å²) in [7, 11) is 6.48. The number of nitrogens with two attached hydrogens (primary N) is 3. The smallest absolute Gasteiger partial charge is 0.0166 e. The van der Waals surface area contributed by atoms with Crippen LogP contribution < -0.4 is 17.2 Å². The van der Waals surface area contributed by atoms with Crippen LogP contribution in [0.5, 0.6) is 0 Å². The minimum Gasteiger partial charge on any atom is -0.402 e. The van der Waals surface area contributed by atoms with Crippen molar-refractivity contribution in [2.45, 2.75) is 206 Å². The summed E-state index contributed by atoms with van der Waals surface area (Å²) in [4.78, 5) is 7.02. The quantitative estimate of drug-likeness (QED) is 0.240. The number of hydrogen-bond donors (Lipinski definition) is 3. The monoisotopic (exact) mass is 837 g/mol. The summed E-state index contributed by atoms with van der Waals surface area (Å²) in [5.74, 6) is 0.742. The van der Waals surface area contributed by atoms with E-state index in [1.54, 1.807) is 5.57 Å². The van der Waals surface area contributed by atoms with Gasteiger partial charge in [-0.1, -0.05) is 153 Å². The van der Waals surface area contributed by atoms with E-state index in [0.29, 0.717) is 16.2 Å². The summed E-state index contributed by atoms with van der Waals surface area (Å²) in [5, 5.41) is 0. The van der Waals surface area contributed by atoms with Crippen LogP contribution in [0.25, 0.3) is 0 Å². The Hall–Kier alpha value is -2.02. The van der Waals surface area contributed by atoms with E-state index in [1.807, 2.05) is 76.2 Å². The van der Waals surface area contributed by atoms with Crippen molar-refractivity contribution >= 4 is 0 Å². The number of nitrogens with zero attached hydrogens (tertiary/aromatic N) is 3. The lowest BCUT2D eigenvalue weighted by atomic mass is 9.89. The number of likely N-dealkylation sites (tertiary alicyclic amines) is 1. The third kappa shape index (κ3) is 70.9. The molecule has 0 aliphatic carbocycles. The van der Waals surface area contributed by atoms with Crippen molar-refractivity contribution < 1.29 is 0 Å². The van der Waals surface area contributed by atoms with E-state index in [1.165, 1.54) is 61.2 Å². The van der Waals surface area contributed by atoms with Crippen molar-refractivity contribution in [2.75, 3.05) is 60.4 Å². The van der Waals surface area contributed by atoms with Gasteiger partial charge in [0.2, 0.25) is 0 Å². The molecule has 59 heavy (non-hydrogen) atoms. The molecule has 3 rings (SSSR count). The molecule has 358 valence electrons. The molecule has 0 aromatic carbocycles. The molecule has 0 unspecified atom stereocenters. The molecule has 0 spiro atoms. The molecule has 0 saturated carbocycles. The number of piperidine rings is 1. The van der Waals surface area contributed by atoms with Crippen LogP contribution in [-0.4, -0.2) is 75.1 Å². The predicted molar refractivity (Wildman–Crippen MR) is 279 cm³/mol. The fourth-order valence-electron chi connectivity index (χ4n) is 4.00. The van der Waals surface area contributed by atoms with Gasteiger partial charge in [-0.25, -0.2) is 0 Å². The highest BCUT2D eigenvalue weighted by Crippen LogP contribution is 2.24. The van der Waals surface area contributed by atoms with Gasteiger partial charge in [-0.15, -0.1) is 0 Å². The second-order valence-corrected chi connectivity index (χ2v) is 20.7. The molecule has 3 aliphatic heterocycles. The molecule has 0 radical (unpaired) electrons. The molecule has 0 atom stereocenters. The molecular formula is C53H116N6. The Morgan fingerprint density at radius 3 is 1.00 bits per heavy atom. The minimum absolute atomic E-state index is 0.500. The van der Waals surface area contributed by atoms with Gasteiger partial charge < -0.3 is 31.9 Å². The molecule has 3 aliphatic rings. The van der Waals surface area contributed by atoms with Crippen LogP contribution in [0.3, 0.4) is 0 Å². The topological polar surface area (TPSA) is 87.8 Å². The first-order valence-electron chi connectivity index (χ1n) is 23.3. The highest BCUT2D eigenvalue weighted by molar-refractivity contribution is 5.33. The van der Waals surface area contributed by atoms with Crippen molar-refractivity contribution in [3.8, 4) is 0 Å². The number of likely N-dealkylation sites (N-methyl/N-ethyl adjacent to an activating group) is 2. The van der Waals surface area contributed by atoms with Crippen LogP contribution in [0, 0.1) is 22.2 Å². The largest absolute Gasteiger partial charge is 0.402 e. The molecule has 6 heteroatoms. The van der Waals surface area contributed by atoms with Crippen molar-refractivity contribution in [2.24, 2.45) is 39.4 Å². The highest BCUT2D eigenvalue weighted by atomic mass is 15.1. The normalized spacial score (nSPS) is 16.6. The third-order valence-corrected chi connectivity index (χ3v) is 7.87. The van der Waals surface area contributed by atoms with Crippen LogP contribution in [-0.2, 0) is 0 Å². The standard InChI is InChI=1S/C10H20N2.C10H18N2.C7H13N.C5H11N.3C5H12.3C2H6/c2*1-8(9(2)11)10-4-6-12(3)7-5-10;1-7-3-5-8(2)6-4-7;1-4(2)5(3)6;3*1-5(2,3)4;3*1-2/h10H,4-7,11H2,1-3H3;4H,5-7,11H2,1-3H3;3H,4-6H2,1-2H3;6H2,1-3H3;3*1-4H3;3*1-2H3/b2*9-8-;;;;;;;;. The Balaban J connectivity index is -0.000000108. The van der Waals surface area contributed by atoms with Crippen LogP contribution in [0.15, 0.2) is 57.1 Å². The lowest BCUT2D eigenvalue weighted by molar-refractivity contribution is 0.237. The van der Waals surface area contributed by atoms with Gasteiger partial charge in [-0.2, -0.15) is 0 Å². The molecule has 0 aromatic rings. The molecule has 0 amide bonds. The Morgan fingerprint density at radius 2 is 0.797 bits per heavy atom. The molecule has 1 fully saturated rings. The number of allylic oxidation sites excluding steroid dienone is 6. The summed E-state index contributed by atoms with van der Waals surface area (Å²) in [6.45, 7) is 61.6. The van der Waals surface area contributed by atoms with E-state index in [-0.39, 0.29) is 0 Å². The van der Waals surface area contributed by atoms with E-state index in [9.17, 15) is 0 Å². The Kier molecular flexibility index (Phi) is 50.1. The zero-order chi connectivity index (χ0) is 48.9. The molecule has 3 heterocycles. The van der Waals surface area contributed by atoms with Crippen molar-refractivity contribution in [1.29, 1.82) is 0 Å². The molecule has 6 N–H and O–H groups in total. The van der Waals surface area contributed by atoms with Gasteiger partial charge in [0.25, 0.3) is 0 Å². The first-order chi connectivity index (χ1) is 26.6. The van der Waals surface area contributed by atoms with Gasteiger partial charge in [-0.3, -0.25) is 0 Å². The predicted octanol–water partition coefficient (Wildman–Crippen LogP) is 14.8. The maximum atomic E-state index is 5.77. The third-order valence-electron chi connectivity index (χ3n) is 7.87. The zero-order valence-corrected chi connectivity index (χ0v) is 46.4. The fourth-order valence-corrected chi connectivity index (χ4v) is 4.00. The molecule has 0 bridgehead atoms. The van der Waals surface area contributed by atoms with E-state index < -0.39 is 0 Å². The van der Waals surface area contributed by atoms with Crippen LogP contribution in [0.1, 0.15) is 206 Å². The Bertz CT molecular complexity index is 1040. The summed E-state index contributed by atoms with van der Waals surface area (Å²) >= 11 is 0.